The van der Waals surface area contributed by atoms with Crippen molar-refractivity contribution >= 4 is 44.9 Å². The number of nitrogens with zero attached hydrogens (tertiary/aromatic N) is 2. The molecule has 0 unspecified atom stereocenters. The molecule has 2 heterocycles. The van der Waals surface area contributed by atoms with Gasteiger partial charge in [0.1, 0.15) is 21.5 Å². The average Bonchev–Trinajstić information content (AvgIpc) is 3.06. The van der Waals surface area contributed by atoms with E-state index in [1.165, 1.54) is 41.1 Å². The number of thioether (sulfide) groups is 1. The molecule has 1 aliphatic carbocycles. The standard InChI is InChI=1S/C21H22FN3OS2/c1-12(2)19-24-20(18-13-7-3-6-10-16(13)28-21(18)25-19)27-11-17(26)23-15-9-5-4-8-14(15)22/h4-5,8-9,12H,3,6-7,10-11H2,1-2H3,(H,23,26). The normalized spacial score (nSPS) is 13.7. The van der Waals surface area contributed by atoms with Crippen LogP contribution in [0, 0.1) is 5.82 Å². The van der Waals surface area contributed by atoms with E-state index in [1.54, 1.807) is 29.5 Å². The molecule has 0 radical (unpaired) electrons. The lowest BCUT2D eigenvalue weighted by molar-refractivity contribution is -0.113. The number of para-hydroxylation sites is 1. The highest BCUT2D eigenvalue weighted by atomic mass is 32.2. The van der Waals surface area contributed by atoms with Crippen molar-refractivity contribution in [1.29, 1.82) is 0 Å². The molecule has 7 heteroatoms. The number of aromatic nitrogens is 2. The van der Waals surface area contributed by atoms with Gasteiger partial charge in [0, 0.05) is 16.2 Å². The van der Waals surface area contributed by atoms with E-state index >= 15 is 0 Å². The van der Waals surface area contributed by atoms with Gasteiger partial charge in [0.25, 0.3) is 0 Å². The van der Waals surface area contributed by atoms with Gasteiger partial charge in [-0.15, -0.1) is 11.3 Å². The Hall–Kier alpha value is -1.99. The summed E-state index contributed by atoms with van der Waals surface area (Å²) in [4.78, 5) is 24.4. The lowest BCUT2D eigenvalue weighted by Crippen LogP contribution is -2.15. The largest absolute Gasteiger partial charge is 0.323 e. The number of halogens is 1. The predicted molar refractivity (Wildman–Crippen MR) is 114 cm³/mol. The van der Waals surface area contributed by atoms with Crippen molar-refractivity contribution in [2.75, 3.05) is 11.1 Å². The third-order valence-electron chi connectivity index (χ3n) is 4.80. The molecular weight excluding hydrogens is 393 g/mol. The fourth-order valence-electron chi connectivity index (χ4n) is 3.39. The number of fused-ring (bicyclic) bond motifs is 3. The molecule has 0 aliphatic heterocycles. The molecule has 0 saturated carbocycles. The third-order valence-corrected chi connectivity index (χ3v) is 6.96. The van der Waals surface area contributed by atoms with Gasteiger partial charge in [-0.3, -0.25) is 4.79 Å². The number of hydrogen-bond donors (Lipinski definition) is 1. The van der Waals surface area contributed by atoms with Crippen LogP contribution in [0.3, 0.4) is 0 Å². The molecule has 4 rings (SSSR count). The molecule has 3 aromatic rings. The van der Waals surface area contributed by atoms with Crippen LogP contribution in [0.5, 0.6) is 0 Å². The molecular formula is C21H22FN3OS2. The highest BCUT2D eigenvalue weighted by molar-refractivity contribution is 8.00. The Labute approximate surface area is 172 Å². The van der Waals surface area contributed by atoms with E-state index in [1.807, 2.05) is 0 Å². The second-order valence-corrected chi connectivity index (χ2v) is 9.30. The van der Waals surface area contributed by atoms with Crippen LogP contribution in [-0.2, 0) is 17.6 Å². The Kier molecular flexibility index (Phi) is 5.64. The molecule has 0 spiro atoms. The third kappa shape index (κ3) is 3.91. The summed E-state index contributed by atoms with van der Waals surface area (Å²) >= 11 is 3.18. The van der Waals surface area contributed by atoms with Crippen LogP contribution in [0.2, 0.25) is 0 Å². The highest BCUT2D eigenvalue weighted by Gasteiger charge is 2.22. The first kappa shape index (κ1) is 19.3. The molecule has 0 atom stereocenters. The summed E-state index contributed by atoms with van der Waals surface area (Å²) in [6, 6.07) is 6.20. The lowest BCUT2D eigenvalue weighted by atomic mass is 9.97. The van der Waals surface area contributed by atoms with E-state index in [2.05, 4.69) is 19.2 Å². The predicted octanol–water partition coefficient (Wildman–Crippen LogP) is 5.56. The van der Waals surface area contributed by atoms with Crippen LogP contribution >= 0.6 is 23.1 Å². The Morgan fingerprint density at radius 1 is 1.25 bits per heavy atom. The van der Waals surface area contributed by atoms with Crippen molar-refractivity contribution in [3.63, 3.8) is 0 Å². The maximum Gasteiger partial charge on any atom is 0.234 e. The van der Waals surface area contributed by atoms with E-state index < -0.39 is 5.82 Å². The maximum atomic E-state index is 13.8. The van der Waals surface area contributed by atoms with Crippen molar-refractivity contribution < 1.29 is 9.18 Å². The van der Waals surface area contributed by atoms with Gasteiger partial charge in [0.2, 0.25) is 5.91 Å². The quantitative estimate of drug-likeness (QED) is 0.438. The summed E-state index contributed by atoms with van der Waals surface area (Å²) in [6.45, 7) is 4.15. The van der Waals surface area contributed by atoms with Gasteiger partial charge in [0.05, 0.1) is 11.4 Å². The summed E-state index contributed by atoms with van der Waals surface area (Å²) < 4.78 is 13.8. The van der Waals surface area contributed by atoms with Gasteiger partial charge in [-0.05, 0) is 43.4 Å². The summed E-state index contributed by atoms with van der Waals surface area (Å²) in [6.07, 6.45) is 4.56. The lowest BCUT2D eigenvalue weighted by Gasteiger charge is -2.13. The molecule has 0 fully saturated rings. The molecule has 1 amide bonds. The van der Waals surface area contributed by atoms with Crippen molar-refractivity contribution in [3.05, 3.63) is 46.3 Å². The van der Waals surface area contributed by atoms with Crippen molar-refractivity contribution in [2.24, 2.45) is 0 Å². The average molecular weight is 416 g/mol. The second kappa shape index (κ2) is 8.17. The summed E-state index contributed by atoms with van der Waals surface area (Å²) in [5.41, 5.74) is 1.57. The fraction of sp³-hybridized carbons (Fsp3) is 0.381. The maximum absolute atomic E-state index is 13.8. The molecule has 4 nitrogen and oxygen atoms in total. The number of nitrogens with one attached hydrogen (secondary N) is 1. The minimum Gasteiger partial charge on any atom is -0.323 e. The van der Waals surface area contributed by atoms with Crippen molar-refractivity contribution in [3.8, 4) is 0 Å². The second-order valence-electron chi connectivity index (χ2n) is 7.25. The zero-order chi connectivity index (χ0) is 19.7. The van der Waals surface area contributed by atoms with Crippen LogP contribution in [-0.4, -0.2) is 21.6 Å². The monoisotopic (exact) mass is 415 g/mol. The van der Waals surface area contributed by atoms with Crippen LogP contribution < -0.4 is 5.32 Å². The molecule has 1 aromatic carbocycles. The Bertz CT molecular complexity index is 1030. The molecule has 2 aromatic heterocycles. The Morgan fingerprint density at radius 2 is 2.04 bits per heavy atom. The molecule has 146 valence electrons. The van der Waals surface area contributed by atoms with E-state index in [0.29, 0.717) is 0 Å². The van der Waals surface area contributed by atoms with Crippen LogP contribution in [0.1, 0.15) is 48.9 Å². The van der Waals surface area contributed by atoms with Gasteiger partial charge in [0.15, 0.2) is 0 Å². The highest BCUT2D eigenvalue weighted by Crippen LogP contribution is 2.40. The number of rotatable bonds is 5. The van der Waals surface area contributed by atoms with Crippen LogP contribution in [0.15, 0.2) is 29.3 Å². The van der Waals surface area contributed by atoms with Crippen LogP contribution in [0.25, 0.3) is 10.2 Å². The molecule has 1 N–H and O–H groups in total. The number of carbonyl (C=O) groups excluding carboxylic acids is 1. The number of aryl methyl sites for hydroxylation is 2. The van der Waals surface area contributed by atoms with Gasteiger partial charge < -0.3 is 5.32 Å². The number of amides is 1. The zero-order valence-electron chi connectivity index (χ0n) is 15.9. The van der Waals surface area contributed by atoms with E-state index in [9.17, 15) is 9.18 Å². The minimum absolute atomic E-state index is 0.183. The first-order chi connectivity index (χ1) is 13.5. The topological polar surface area (TPSA) is 54.9 Å². The molecule has 0 saturated heterocycles. The number of thiophene rings is 1. The molecule has 0 bridgehead atoms. The van der Waals surface area contributed by atoms with Crippen LogP contribution in [0.4, 0.5) is 10.1 Å². The number of carbonyl (C=O) groups is 1. The van der Waals surface area contributed by atoms with E-state index in [0.717, 1.165) is 33.9 Å². The van der Waals surface area contributed by atoms with Gasteiger partial charge in [-0.1, -0.05) is 37.7 Å². The summed E-state index contributed by atoms with van der Waals surface area (Å²) in [5, 5.41) is 4.64. The summed E-state index contributed by atoms with van der Waals surface area (Å²) in [5.74, 6) is 0.539. The molecule has 28 heavy (non-hydrogen) atoms. The first-order valence-electron chi connectivity index (χ1n) is 9.52. The van der Waals surface area contributed by atoms with E-state index in [-0.39, 0.29) is 23.3 Å². The SMILES string of the molecule is CC(C)c1nc(SCC(=O)Nc2ccccc2F)c2c3c(sc2n1)CCCC3. The fourth-order valence-corrected chi connectivity index (χ4v) is 5.58. The zero-order valence-corrected chi connectivity index (χ0v) is 17.6. The first-order valence-corrected chi connectivity index (χ1v) is 11.3. The van der Waals surface area contributed by atoms with Crippen molar-refractivity contribution in [1.82, 2.24) is 9.97 Å². The van der Waals surface area contributed by atoms with Gasteiger partial charge in [-0.2, -0.15) is 0 Å². The van der Waals surface area contributed by atoms with Gasteiger partial charge in [-0.25, -0.2) is 14.4 Å². The smallest absolute Gasteiger partial charge is 0.234 e. The number of benzene rings is 1. The Balaban J connectivity index is 1.61. The Morgan fingerprint density at radius 3 is 2.82 bits per heavy atom. The number of hydrogen-bond acceptors (Lipinski definition) is 5. The molecule has 1 aliphatic rings. The van der Waals surface area contributed by atoms with Crippen molar-refractivity contribution in [2.45, 2.75) is 50.5 Å². The van der Waals surface area contributed by atoms with E-state index in [4.69, 9.17) is 9.97 Å². The number of anilines is 1. The van der Waals surface area contributed by atoms with Gasteiger partial charge >= 0.3 is 0 Å². The summed E-state index contributed by atoms with van der Waals surface area (Å²) in [7, 11) is 0. The minimum atomic E-state index is -0.431.